The summed E-state index contributed by atoms with van der Waals surface area (Å²) >= 11 is 0. The zero-order valence-electron chi connectivity index (χ0n) is 20.2. The fourth-order valence-corrected chi connectivity index (χ4v) is 4.26. The minimum absolute atomic E-state index is 0.816. The molecule has 2 heteroatoms. The van der Waals surface area contributed by atoms with Crippen molar-refractivity contribution in [2.24, 2.45) is 7.05 Å². The van der Waals surface area contributed by atoms with Gasteiger partial charge in [-0.15, -0.1) is 0 Å². The van der Waals surface area contributed by atoms with Gasteiger partial charge in [0.2, 0.25) is 0 Å². The van der Waals surface area contributed by atoms with Crippen LogP contribution in [0.5, 0.6) is 0 Å². The molecule has 0 atom stereocenters. The SMILES string of the molecule is [2H]C(C)(C)c1cccc(C([2H])(C)C)c1-n1c(-c2ccccc2C)[n+](C)c2ccccc21. The maximum absolute atomic E-state index is 8.92. The van der Waals surface area contributed by atoms with Crippen molar-refractivity contribution in [1.82, 2.24) is 4.57 Å². The largest absolute Gasteiger partial charge is 0.295 e. The fraction of sp³-hybridized carbons (Fsp3) is 0.296. The first-order chi connectivity index (χ1) is 14.5. The van der Waals surface area contributed by atoms with E-state index in [4.69, 9.17) is 2.74 Å². The second kappa shape index (κ2) is 7.51. The molecule has 0 aliphatic carbocycles. The molecule has 0 saturated carbocycles. The van der Waals surface area contributed by atoms with Crippen LogP contribution in [0.4, 0.5) is 0 Å². The molecule has 1 aromatic heterocycles. The summed E-state index contributed by atoms with van der Waals surface area (Å²) in [5, 5.41) is 0. The molecule has 0 radical (unpaired) electrons. The molecule has 4 aromatic rings. The molecule has 0 amide bonds. The van der Waals surface area contributed by atoms with E-state index in [1.807, 2.05) is 45.9 Å². The van der Waals surface area contributed by atoms with Crippen molar-refractivity contribution < 1.29 is 7.31 Å². The summed E-state index contributed by atoms with van der Waals surface area (Å²) in [6, 6.07) is 22.9. The van der Waals surface area contributed by atoms with E-state index < -0.39 is 11.8 Å². The van der Waals surface area contributed by atoms with Gasteiger partial charge >= 0.3 is 0 Å². The van der Waals surface area contributed by atoms with Crippen molar-refractivity contribution in [2.45, 2.75) is 46.4 Å². The topological polar surface area (TPSA) is 8.81 Å². The van der Waals surface area contributed by atoms with Gasteiger partial charge in [0.1, 0.15) is 5.69 Å². The smallest absolute Gasteiger partial charge is 0.225 e. The molecule has 0 aliphatic rings. The van der Waals surface area contributed by atoms with E-state index >= 15 is 0 Å². The molecule has 0 fully saturated rings. The highest BCUT2D eigenvalue weighted by molar-refractivity contribution is 5.80. The Kier molecular flexibility index (Phi) is 4.41. The first-order valence-electron chi connectivity index (χ1n) is 11.2. The van der Waals surface area contributed by atoms with E-state index in [-0.39, 0.29) is 0 Å². The maximum Gasteiger partial charge on any atom is 0.295 e. The third-order valence-electron chi connectivity index (χ3n) is 5.74. The van der Waals surface area contributed by atoms with Crippen LogP contribution in [0.25, 0.3) is 28.1 Å². The van der Waals surface area contributed by atoms with Crippen molar-refractivity contribution in [1.29, 1.82) is 0 Å². The Hall–Kier alpha value is -2.87. The molecular formula is C27H31N2+. The van der Waals surface area contributed by atoms with Gasteiger partial charge in [0.25, 0.3) is 5.82 Å². The van der Waals surface area contributed by atoms with Gasteiger partial charge in [-0.2, -0.15) is 4.57 Å². The molecule has 29 heavy (non-hydrogen) atoms. The van der Waals surface area contributed by atoms with Crippen LogP contribution >= 0.6 is 0 Å². The van der Waals surface area contributed by atoms with E-state index in [0.29, 0.717) is 0 Å². The number of rotatable bonds is 4. The minimum Gasteiger partial charge on any atom is -0.225 e. The standard InChI is InChI=1S/C27H31N2/c1-18(2)21-14-11-15-22(19(3)4)26(21)29-25-17-10-9-16-24(25)28(6)27(29)23-13-8-7-12-20(23)5/h7-19H,1-6H3/q+1/i18D,19D. The first-order valence-corrected chi connectivity index (χ1v) is 10.2. The summed E-state index contributed by atoms with van der Waals surface area (Å²) in [5.74, 6) is -0.575. The lowest BCUT2D eigenvalue weighted by Crippen LogP contribution is -2.30. The summed E-state index contributed by atoms with van der Waals surface area (Å²) in [6.45, 7) is 9.82. The van der Waals surface area contributed by atoms with Gasteiger partial charge in [-0.1, -0.05) is 76.2 Å². The van der Waals surface area contributed by atoms with Crippen molar-refractivity contribution >= 4 is 11.0 Å². The summed E-state index contributed by atoms with van der Waals surface area (Å²) in [5.41, 5.74) is 7.31. The molecule has 3 aromatic carbocycles. The van der Waals surface area contributed by atoms with E-state index in [1.165, 1.54) is 5.56 Å². The zero-order chi connectivity index (χ0) is 22.6. The number of aryl methyl sites for hydroxylation is 2. The Morgan fingerprint density at radius 2 is 1.38 bits per heavy atom. The number of benzene rings is 3. The highest BCUT2D eigenvalue weighted by atomic mass is 15.2. The predicted octanol–water partition coefficient (Wildman–Crippen LogP) is 6.68. The molecule has 0 saturated heterocycles. The summed E-state index contributed by atoms with van der Waals surface area (Å²) in [6.07, 6.45) is 0. The number of fused-ring (bicyclic) bond motifs is 1. The van der Waals surface area contributed by atoms with Gasteiger partial charge in [0.05, 0.1) is 12.6 Å². The third kappa shape index (κ3) is 3.17. The highest BCUT2D eigenvalue weighted by Crippen LogP contribution is 2.36. The summed E-state index contributed by atoms with van der Waals surface area (Å²) in [7, 11) is 2.10. The van der Waals surface area contributed by atoms with Gasteiger partial charge in [0.15, 0.2) is 11.0 Å². The van der Waals surface area contributed by atoms with E-state index in [9.17, 15) is 0 Å². The van der Waals surface area contributed by atoms with Gasteiger partial charge < -0.3 is 0 Å². The van der Waals surface area contributed by atoms with Gasteiger partial charge in [-0.3, -0.25) is 0 Å². The van der Waals surface area contributed by atoms with Crippen LogP contribution in [0.15, 0.2) is 66.7 Å². The third-order valence-corrected chi connectivity index (χ3v) is 5.74. The zero-order valence-corrected chi connectivity index (χ0v) is 18.2. The second-order valence-electron chi connectivity index (χ2n) is 8.22. The van der Waals surface area contributed by atoms with E-state index in [0.717, 1.165) is 39.2 Å². The van der Waals surface area contributed by atoms with Crippen molar-refractivity contribution in [3.63, 3.8) is 0 Å². The summed E-state index contributed by atoms with van der Waals surface area (Å²) in [4.78, 5) is 0. The average Bonchev–Trinajstić information content (AvgIpc) is 2.99. The van der Waals surface area contributed by atoms with Crippen LogP contribution in [0.2, 0.25) is 0 Å². The quantitative estimate of drug-likeness (QED) is 0.347. The number of hydrogen-bond acceptors (Lipinski definition) is 0. The Morgan fingerprint density at radius 1 is 0.793 bits per heavy atom. The molecule has 4 rings (SSSR count). The number of imidazole rings is 1. The molecule has 0 aliphatic heterocycles. The molecule has 0 unspecified atom stereocenters. The molecular weight excluding hydrogens is 352 g/mol. The molecule has 2 nitrogen and oxygen atoms in total. The average molecular weight is 386 g/mol. The Labute approximate surface area is 177 Å². The lowest BCUT2D eigenvalue weighted by Gasteiger charge is -2.18. The number of para-hydroxylation sites is 3. The van der Waals surface area contributed by atoms with Gasteiger partial charge in [-0.05, 0) is 42.5 Å². The monoisotopic (exact) mass is 385 g/mol. The van der Waals surface area contributed by atoms with E-state index in [2.05, 4.69) is 71.6 Å². The molecule has 1 heterocycles. The van der Waals surface area contributed by atoms with Crippen LogP contribution in [0.3, 0.4) is 0 Å². The minimum atomic E-state index is -0.816. The number of aromatic nitrogens is 2. The Balaban J connectivity index is 2.26. The van der Waals surface area contributed by atoms with Crippen molar-refractivity contribution in [3.05, 3.63) is 83.4 Å². The lowest BCUT2D eigenvalue weighted by molar-refractivity contribution is -0.633. The normalized spacial score (nSPS) is 13.4. The lowest BCUT2D eigenvalue weighted by atomic mass is 9.92. The molecule has 0 spiro atoms. The molecule has 0 bridgehead atoms. The van der Waals surface area contributed by atoms with Crippen LogP contribution in [0.1, 0.15) is 58.9 Å². The van der Waals surface area contributed by atoms with Crippen LogP contribution < -0.4 is 4.57 Å². The maximum atomic E-state index is 8.92. The van der Waals surface area contributed by atoms with Crippen LogP contribution in [0, 0.1) is 6.92 Å². The van der Waals surface area contributed by atoms with Crippen LogP contribution in [-0.2, 0) is 7.05 Å². The summed E-state index contributed by atoms with van der Waals surface area (Å²) < 4.78 is 22.3. The number of hydrogen-bond donors (Lipinski definition) is 0. The molecule has 0 N–H and O–H groups in total. The predicted molar refractivity (Wildman–Crippen MR) is 123 cm³/mol. The number of nitrogens with zero attached hydrogens (tertiary/aromatic N) is 2. The Morgan fingerprint density at radius 3 is 2.00 bits per heavy atom. The van der Waals surface area contributed by atoms with Gasteiger partial charge in [-0.25, -0.2) is 4.57 Å². The van der Waals surface area contributed by atoms with E-state index in [1.54, 1.807) is 0 Å². The Bertz CT molecular complexity index is 1240. The van der Waals surface area contributed by atoms with Crippen LogP contribution in [-0.4, -0.2) is 4.57 Å². The first kappa shape index (κ1) is 17.0. The molecule has 148 valence electrons. The highest BCUT2D eigenvalue weighted by Gasteiger charge is 2.30. The van der Waals surface area contributed by atoms with Gasteiger partial charge in [0, 0.05) is 13.9 Å². The fourth-order valence-electron chi connectivity index (χ4n) is 4.26. The van der Waals surface area contributed by atoms with Crippen molar-refractivity contribution in [3.8, 4) is 17.1 Å². The van der Waals surface area contributed by atoms with Crippen molar-refractivity contribution in [2.75, 3.05) is 0 Å². The second-order valence-corrected chi connectivity index (χ2v) is 8.22.